The summed E-state index contributed by atoms with van der Waals surface area (Å²) in [4.78, 5) is 12.2. The summed E-state index contributed by atoms with van der Waals surface area (Å²) >= 11 is 5.97. The fourth-order valence-electron chi connectivity index (χ4n) is 2.22. The number of benzene rings is 2. The molecule has 0 heterocycles. The molecular weight excluding hydrogens is 405 g/mol. The van der Waals surface area contributed by atoms with Crippen LogP contribution in [0.3, 0.4) is 0 Å². The molecular formula is C17H16ClF3N2O3S. The van der Waals surface area contributed by atoms with Crippen LogP contribution in [0.2, 0.25) is 5.02 Å². The number of hydrogen-bond donors (Lipinski definition) is 1. The molecule has 1 N–H and O–H groups in total. The van der Waals surface area contributed by atoms with Crippen LogP contribution < -0.4 is 9.62 Å². The van der Waals surface area contributed by atoms with Gasteiger partial charge in [0, 0.05) is 10.7 Å². The summed E-state index contributed by atoms with van der Waals surface area (Å²) in [5.41, 5.74) is 0.203. The zero-order valence-corrected chi connectivity index (χ0v) is 15.9. The molecule has 0 atom stereocenters. The quantitative estimate of drug-likeness (QED) is 0.792. The molecule has 0 fully saturated rings. The van der Waals surface area contributed by atoms with E-state index in [1.807, 2.05) is 0 Å². The minimum absolute atomic E-state index is 0.0532. The first-order valence-corrected chi connectivity index (χ1v) is 9.81. The third-order valence-electron chi connectivity index (χ3n) is 3.63. The Kier molecular flexibility index (Phi) is 6.06. The van der Waals surface area contributed by atoms with Gasteiger partial charge in [0.05, 0.1) is 17.5 Å². The lowest BCUT2D eigenvalue weighted by Gasteiger charge is -2.22. The Balaban J connectivity index is 2.22. The van der Waals surface area contributed by atoms with Gasteiger partial charge in [-0.3, -0.25) is 9.10 Å². The highest BCUT2D eigenvalue weighted by Gasteiger charge is 2.30. The summed E-state index contributed by atoms with van der Waals surface area (Å²) < 4.78 is 62.7. The van der Waals surface area contributed by atoms with E-state index >= 15 is 0 Å². The maximum absolute atomic E-state index is 12.7. The predicted molar refractivity (Wildman–Crippen MR) is 98.5 cm³/mol. The van der Waals surface area contributed by atoms with Gasteiger partial charge in [-0.25, -0.2) is 8.42 Å². The highest BCUT2D eigenvalue weighted by molar-refractivity contribution is 7.92. The van der Waals surface area contributed by atoms with Gasteiger partial charge in [0.25, 0.3) is 0 Å². The van der Waals surface area contributed by atoms with Gasteiger partial charge in [-0.05, 0) is 48.9 Å². The lowest BCUT2D eigenvalue weighted by Crippen LogP contribution is -2.37. The summed E-state index contributed by atoms with van der Waals surface area (Å²) in [6.45, 7) is 1.18. The summed E-state index contributed by atoms with van der Waals surface area (Å²) in [5, 5.41) is 2.93. The second-order valence-corrected chi connectivity index (χ2v) is 8.14. The second-order valence-electron chi connectivity index (χ2n) is 5.83. The molecule has 0 aliphatic carbocycles. The molecule has 0 saturated heterocycles. The summed E-state index contributed by atoms with van der Waals surface area (Å²) in [5.74, 6) is -0.666. The van der Waals surface area contributed by atoms with Crippen molar-refractivity contribution >= 4 is 38.9 Å². The molecule has 0 aliphatic heterocycles. The maximum Gasteiger partial charge on any atom is 0.416 e. The van der Waals surface area contributed by atoms with Gasteiger partial charge < -0.3 is 5.32 Å². The van der Waals surface area contributed by atoms with Crippen LogP contribution in [0.1, 0.15) is 11.1 Å². The largest absolute Gasteiger partial charge is 0.416 e. The lowest BCUT2D eigenvalue weighted by atomic mass is 10.2. The van der Waals surface area contributed by atoms with Gasteiger partial charge in [-0.15, -0.1) is 0 Å². The van der Waals surface area contributed by atoms with Crippen molar-refractivity contribution < 1.29 is 26.4 Å². The van der Waals surface area contributed by atoms with E-state index in [0.29, 0.717) is 10.7 Å². The molecule has 2 rings (SSSR count). The SMILES string of the molecule is Cc1ccc(NC(=O)CN(c2ccc(C(F)(F)F)cc2)S(C)(=O)=O)cc1Cl. The molecule has 0 spiro atoms. The number of rotatable bonds is 5. The van der Waals surface area contributed by atoms with Crippen molar-refractivity contribution in [1.82, 2.24) is 0 Å². The zero-order valence-electron chi connectivity index (χ0n) is 14.3. The summed E-state index contributed by atoms with van der Waals surface area (Å²) in [6.07, 6.45) is -3.68. The van der Waals surface area contributed by atoms with Crippen molar-refractivity contribution in [3.8, 4) is 0 Å². The molecule has 10 heteroatoms. The Morgan fingerprint density at radius 2 is 1.74 bits per heavy atom. The van der Waals surface area contributed by atoms with Gasteiger partial charge in [-0.1, -0.05) is 17.7 Å². The molecule has 0 radical (unpaired) electrons. The number of aryl methyl sites for hydroxylation is 1. The van der Waals surface area contributed by atoms with Crippen molar-refractivity contribution in [2.24, 2.45) is 0 Å². The van der Waals surface area contributed by atoms with Crippen molar-refractivity contribution in [2.75, 3.05) is 22.4 Å². The smallest absolute Gasteiger partial charge is 0.324 e. The van der Waals surface area contributed by atoms with E-state index in [1.54, 1.807) is 19.1 Å². The van der Waals surface area contributed by atoms with Crippen LogP contribution in [0.25, 0.3) is 0 Å². The Labute approximate surface area is 159 Å². The van der Waals surface area contributed by atoms with Gasteiger partial charge in [0.2, 0.25) is 15.9 Å². The van der Waals surface area contributed by atoms with Crippen LogP contribution >= 0.6 is 11.6 Å². The first kappa shape index (κ1) is 21.0. The first-order valence-electron chi connectivity index (χ1n) is 7.59. The molecule has 0 aromatic heterocycles. The maximum atomic E-state index is 12.7. The molecule has 5 nitrogen and oxygen atoms in total. The topological polar surface area (TPSA) is 66.5 Å². The van der Waals surface area contributed by atoms with E-state index in [0.717, 1.165) is 40.4 Å². The Morgan fingerprint density at radius 1 is 1.15 bits per heavy atom. The normalized spacial score (nSPS) is 11.9. The van der Waals surface area contributed by atoms with Gasteiger partial charge in [0.1, 0.15) is 6.54 Å². The molecule has 146 valence electrons. The van der Waals surface area contributed by atoms with Crippen LogP contribution in [0.15, 0.2) is 42.5 Å². The number of alkyl halides is 3. The van der Waals surface area contributed by atoms with Gasteiger partial charge in [0.15, 0.2) is 0 Å². The van der Waals surface area contributed by atoms with Gasteiger partial charge >= 0.3 is 6.18 Å². The molecule has 0 bridgehead atoms. The number of sulfonamides is 1. The number of amides is 1. The van der Waals surface area contributed by atoms with Crippen LogP contribution in [0.5, 0.6) is 0 Å². The Hall–Kier alpha value is -2.26. The Morgan fingerprint density at radius 3 is 2.22 bits per heavy atom. The van der Waals surface area contributed by atoms with Crippen molar-refractivity contribution in [3.63, 3.8) is 0 Å². The van der Waals surface area contributed by atoms with Crippen molar-refractivity contribution in [3.05, 3.63) is 58.6 Å². The molecule has 0 unspecified atom stereocenters. The Bertz CT molecular complexity index is 945. The van der Waals surface area contributed by atoms with E-state index in [9.17, 15) is 26.4 Å². The minimum atomic E-state index is -4.55. The fourth-order valence-corrected chi connectivity index (χ4v) is 3.26. The number of halogens is 4. The minimum Gasteiger partial charge on any atom is -0.324 e. The van der Waals surface area contributed by atoms with Crippen LogP contribution in [-0.2, 0) is 21.0 Å². The number of nitrogens with one attached hydrogen (secondary N) is 1. The average molecular weight is 421 g/mol. The first-order chi connectivity index (χ1) is 12.4. The highest BCUT2D eigenvalue weighted by Crippen LogP contribution is 2.31. The number of anilines is 2. The van der Waals surface area contributed by atoms with E-state index < -0.39 is 34.2 Å². The van der Waals surface area contributed by atoms with E-state index in [-0.39, 0.29) is 5.69 Å². The zero-order chi connectivity index (χ0) is 20.4. The van der Waals surface area contributed by atoms with E-state index in [2.05, 4.69) is 5.32 Å². The number of nitrogens with zero attached hydrogens (tertiary/aromatic N) is 1. The molecule has 0 saturated carbocycles. The summed E-state index contributed by atoms with van der Waals surface area (Å²) in [6, 6.07) is 8.30. The van der Waals surface area contributed by atoms with Crippen molar-refractivity contribution in [2.45, 2.75) is 13.1 Å². The van der Waals surface area contributed by atoms with Crippen LogP contribution in [0.4, 0.5) is 24.5 Å². The summed E-state index contributed by atoms with van der Waals surface area (Å²) in [7, 11) is -3.90. The highest BCUT2D eigenvalue weighted by atomic mass is 35.5. The van der Waals surface area contributed by atoms with E-state index in [4.69, 9.17) is 11.6 Å². The number of carbonyl (C=O) groups is 1. The molecule has 2 aromatic rings. The molecule has 0 aliphatic rings. The van der Waals surface area contributed by atoms with Crippen LogP contribution in [0, 0.1) is 6.92 Å². The standard InChI is InChI=1S/C17H16ClF3N2O3S/c1-11-3-6-13(9-15(11)18)22-16(24)10-23(27(2,25)26)14-7-4-12(5-8-14)17(19,20)21/h3-9H,10H2,1-2H3,(H,22,24). The van der Waals surface area contributed by atoms with Crippen molar-refractivity contribution in [1.29, 1.82) is 0 Å². The monoisotopic (exact) mass is 420 g/mol. The molecule has 2 aromatic carbocycles. The van der Waals surface area contributed by atoms with Crippen LogP contribution in [-0.4, -0.2) is 27.1 Å². The third kappa shape index (κ3) is 5.61. The molecule has 1 amide bonds. The van der Waals surface area contributed by atoms with Gasteiger partial charge in [-0.2, -0.15) is 13.2 Å². The average Bonchev–Trinajstić information content (AvgIpc) is 2.54. The number of carbonyl (C=O) groups excluding carboxylic acids is 1. The lowest BCUT2D eigenvalue weighted by molar-refractivity contribution is -0.137. The molecule has 27 heavy (non-hydrogen) atoms. The number of hydrogen-bond acceptors (Lipinski definition) is 3. The predicted octanol–water partition coefficient (Wildman–Crippen LogP) is 4.07. The second kappa shape index (κ2) is 7.77. The van der Waals surface area contributed by atoms with E-state index in [1.165, 1.54) is 6.07 Å². The fraction of sp³-hybridized carbons (Fsp3) is 0.235. The third-order valence-corrected chi connectivity index (χ3v) is 5.17.